The van der Waals surface area contributed by atoms with Gasteiger partial charge in [-0.3, -0.25) is 0 Å². The quantitative estimate of drug-likeness (QED) is 0.262. The van der Waals surface area contributed by atoms with Crippen LogP contribution in [-0.2, 0) is 0 Å². The summed E-state index contributed by atoms with van der Waals surface area (Å²) in [6.45, 7) is 0. The van der Waals surface area contributed by atoms with Gasteiger partial charge in [-0.15, -0.1) is 0 Å². The summed E-state index contributed by atoms with van der Waals surface area (Å²) in [5, 5.41) is 8.16. The van der Waals surface area contributed by atoms with Gasteiger partial charge in [0.1, 0.15) is 28.8 Å². The summed E-state index contributed by atoms with van der Waals surface area (Å²) in [5.74, 6) is 0.778. The van der Waals surface area contributed by atoms with Crippen molar-refractivity contribution < 1.29 is 13.5 Å². The molecule has 0 amide bonds. The van der Waals surface area contributed by atoms with Gasteiger partial charge < -0.3 is 10.1 Å². The molecule has 4 nitrogen and oxygen atoms in total. The molecule has 35 heavy (non-hydrogen) atoms. The fourth-order valence-electron chi connectivity index (χ4n) is 3.55. The molecular formula is C28H19F2N3OS. The van der Waals surface area contributed by atoms with Crippen molar-refractivity contribution in [1.29, 1.82) is 0 Å². The predicted molar refractivity (Wildman–Crippen MR) is 138 cm³/mol. The van der Waals surface area contributed by atoms with Gasteiger partial charge in [0.25, 0.3) is 0 Å². The number of para-hydroxylation sites is 1. The summed E-state index contributed by atoms with van der Waals surface area (Å²) < 4.78 is 34.4. The number of thiocarbonyl (C=S) groups is 1. The highest BCUT2D eigenvalue weighted by Gasteiger charge is 2.16. The lowest BCUT2D eigenvalue weighted by molar-refractivity contribution is 0.483. The molecule has 5 rings (SSSR count). The van der Waals surface area contributed by atoms with Gasteiger partial charge in [0.2, 0.25) is 0 Å². The maximum atomic E-state index is 13.5. The van der Waals surface area contributed by atoms with E-state index in [0.29, 0.717) is 16.6 Å². The molecule has 1 heterocycles. The minimum absolute atomic E-state index is 0.332. The van der Waals surface area contributed by atoms with Crippen LogP contribution in [0.4, 0.5) is 14.5 Å². The normalized spacial score (nSPS) is 10.7. The Bertz CT molecular complexity index is 1390. The summed E-state index contributed by atoms with van der Waals surface area (Å²) in [4.78, 5) is 0. The molecule has 0 spiro atoms. The van der Waals surface area contributed by atoms with Gasteiger partial charge >= 0.3 is 0 Å². The first kappa shape index (κ1) is 22.4. The summed E-state index contributed by atoms with van der Waals surface area (Å²) in [5.41, 5.74) is 3.59. The number of ether oxygens (including phenoxy) is 1. The van der Waals surface area contributed by atoms with Crippen molar-refractivity contribution >= 4 is 23.0 Å². The number of halogens is 2. The lowest BCUT2D eigenvalue weighted by Crippen LogP contribution is -2.19. The molecule has 4 aromatic carbocycles. The molecule has 0 aliphatic heterocycles. The summed E-state index contributed by atoms with van der Waals surface area (Å²) in [6, 6.07) is 29.1. The van der Waals surface area contributed by atoms with Gasteiger partial charge in [-0.1, -0.05) is 30.3 Å². The molecule has 0 saturated heterocycles. The van der Waals surface area contributed by atoms with Gasteiger partial charge in [-0.2, -0.15) is 5.10 Å². The number of aromatic nitrogens is 2. The Morgan fingerprint density at radius 3 is 1.91 bits per heavy atom. The topological polar surface area (TPSA) is 39.1 Å². The molecule has 0 radical (unpaired) electrons. The van der Waals surface area contributed by atoms with Gasteiger partial charge in [-0.05, 0) is 90.6 Å². The Morgan fingerprint density at radius 2 is 1.29 bits per heavy atom. The van der Waals surface area contributed by atoms with Crippen molar-refractivity contribution in [3.8, 4) is 33.9 Å². The van der Waals surface area contributed by atoms with E-state index in [1.54, 1.807) is 35.1 Å². The van der Waals surface area contributed by atoms with Crippen molar-refractivity contribution in [2.45, 2.75) is 0 Å². The molecule has 0 unspecified atom stereocenters. The van der Waals surface area contributed by atoms with E-state index in [4.69, 9.17) is 17.0 Å². The van der Waals surface area contributed by atoms with Gasteiger partial charge in [0, 0.05) is 23.0 Å². The monoisotopic (exact) mass is 483 g/mol. The summed E-state index contributed by atoms with van der Waals surface area (Å²) in [7, 11) is 0. The first-order valence-corrected chi connectivity index (χ1v) is 11.2. The third-order valence-electron chi connectivity index (χ3n) is 5.28. The summed E-state index contributed by atoms with van der Waals surface area (Å²) >= 11 is 5.59. The highest BCUT2D eigenvalue weighted by Crippen LogP contribution is 2.31. The highest BCUT2D eigenvalue weighted by molar-refractivity contribution is 7.80. The molecule has 5 aromatic rings. The van der Waals surface area contributed by atoms with Crippen LogP contribution in [-0.4, -0.2) is 14.9 Å². The highest BCUT2D eigenvalue weighted by atomic mass is 32.1. The first-order valence-electron chi connectivity index (χ1n) is 10.8. The standard InChI is InChI=1S/C28H19F2N3OS/c29-21-10-6-19(7-11-21)26-18-33(32-27(26)20-8-12-22(30)13-9-20)28(35)31-23-14-16-25(17-15-23)34-24-4-2-1-3-5-24/h1-18H,(H,31,35). The van der Waals surface area contributed by atoms with Crippen LogP contribution in [0.25, 0.3) is 22.4 Å². The second-order valence-electron chi connectivity index (χ2n) is 7.72. The van der Waals surface area contributed by atoms with Crippen molar-refractivity contribution in [2.75, 3.05) is 5.32 Å². The van der Waals surface area contributed by atoms with Crippen LogP contribution in [0.5, 0.6) is 11.5 Å². The number of benzene rings is 4. The zero-order valence-corrected chi connectivity index (χ0v) is 19.2. The van der Waals surface area contributed by atoms with Gasteiger partial charge in [-0.25, -0.2) is 13.5 Å². The molecule has 1 N–H and O–H groups in total. The third-order valence-corrected chi connectivity index (χ3v) is 5.57. The molecule has 0 aliphatic carbocycles. The second kappa shape index (κ2) is 9.87. The van der Waals surface area contributed by atoms with Crippen molar-refractivity contribution in [2.24, 2.45) is 0 Å². The van der Waals surface area contributed by atoms with E-state index in [2.05, 4.69) is 10.4 Å². The van der Waals surface area contributed by atoms with Crippen LogP contribution in [0.15, 0.2) is 109 Å². The largest absolute Gasteiger partial charge is 0.457 e. The Morgan fingerprint density at radius 1 is 0.714 bits per heavy atom. The van der Waals surface area contributed by atoms with E-state index < -0.39 is 0 Å². The second-order valence-corrected chi connectivity index (χ2v) is 8.11. The molecule has 7 heteroatoms. The van der Waals surface area contributed by atoms with Crippen molar-refractivity contribution in [3.63, 3.8) is 0 Å². The first-order chi connectivity index (χ1) is 17.0. The number of rotatable bonds is 5. The van der Waals surface area contributed by atoms with E-state index in [9.17, 15) is 8.78 Å². The van der Waals surface area contributed by atoms with E-state index in [1.807, 2.05) is 54.6 Å². The van der Waals surface area contributed by atoms with Crippen LogP contribution in [0, 0.1) is 11.6 Å². The van der Waals surface area contributed by atoms with Crippen LogP contribution >= 0.6 is 12.2 Å². The smallest absolute Gasteiger partial charge is 0.198 e. The molecular weight excluding hydrogens is 464 g/mol. The molecule has 0 fully saturated rings. The van der Waals surface area contributed by atoms with Crippen molar-refractivity contribution in [3.05, 3.63) is 121 Å². The lowest BCUT2D eigenvalue weighted by atomic mass is 10.0. The van der Waals surface area contributed by atoms with Crippen LogP contribution in [0.1, 0.15) is 0 Å². The molecule has 0 bridgehead atoms. The lowest BCUT2D eigenvalue weighted by Gasteiger charge is -2.09. The van der Waals surface area contributed by atoms with E-state index in [1.165, 1.54) is 24.3 Å². The van der Waals surface area contributed by atoms with Gasteiger partial charge in [0.05, 0.1) is 0 Å². The fourth-order valence-corrected chi connectivity index (χ4v) is 3.76. The number of nitrogens with zero attached hydrogens (tertiary/aromatic N) is 2. The van der Waals surface area contributed by atoms with Crippen LogP contribution in [0.2, 0.25) is 0 Å². The molecule has 1 aromatic heterocycles. The van der Waals surface area contributed by atoms with Crippen LogP contribution in [0.3, 0.4) is 0 Å². The molecule has 0 aliphatic rings. The average Bonchev–Trinajstić information content (AvgIpc) is 3.32. The SMILES string of the molecule is Fc1ccc(-c2cn(C(=S)Nc3ccc(Oc4ccccc4)cc3)nc2-c2ccc(F)cc2)cc1. The zero-order valence-electron chi connectivity index (χ0n) is 18.4. The minimum Gasteiger partial charge on any atom is -0.457 e. The zero-order chi connectivity index (χ0) is 24.2. The molecule has 172 valence electrons. The van der Waals surface area contributed by atoms with Crippen LogP contribution < -0.4 is 10.1 Å². The minimum atomic E-state index is -0.339. The fraction of sp³-hybridized carbons (Fsp3) is 0. The average molecular weight is 484 g/mol. The Kier molecular flexibility index (Phi) is 6.32. The maximum Gasteiger partial charge on any atom is 0.198 e. The molecule has 0 saturated carbocycles. The van der Waals surface area contributed by atoms with E-state index in [-0.39, 0.29) is 11.6 Å². The Labute approximate surface area is 206 Å². The molecule has 0 atom stereocenters. The number of hydrogen-bond acceptors (Lipinski definition) is 3. The summed E-state index contributed by atoms with van der Waals surface area (Å²) in [6.07, 6.45) is 1.77. The Balaban J connectivity index is 1.40. The number of hydrogen-bond donors (Lipinski definition) is 1. The van der Waals surface area contributed by atoms with Crippen molar-refractivity contribution in [1.82, 2.24) is 9.78 Å². The number of nitrogens with one attached hydrogen (secondary N) is 1. The third kappa shape index (κ3) is 5.26. The van der Waals surface area contributed by atoms with E-state index >= 15 is 0 Å². The Hall–Kier alpha value is -4.36. The maximum absolute atomic E-state index is 13.5. The number of anilines is 1. The van der Waals surface area contributed by atoms with E-state index in [0.717, 1.165) is 28.1 Å². The predicted octanol–water partition coefficient (Wildman–Crippen LogP) is 7.53. The van der Waals surface area contributed by atoms with Gasteiger partial charge in [0.15, 0.2) is 5.11 Å².